The number of aryl methyl sites for hydroxylation is 2. The van der Waals surface area contributed by atoms with E-state index in [1.54, 1.807) is 0 Å². The monoisotopic (exact) mass is 394 g/mol. The van der Waals surface area contributed by atoms with Gasteiger partial charge in [0.25, 0.3) is 0 Å². The third kappa shape index (κ3) is 3.19. The van der Waals surface area contributed by atoms with Gasteiger partial charge >= 0.3 is 0 Å². The van der Waals surface area contributed by atoms with Crippen LogP contribution < -0.4 is 10.6 Å². The first kappa shape index (κ1) is 18.8. The Hall–Kier alpha value is -2.18. The van der Waals surface area contributed by atoms with E-state index in [0.29, 0.717) is 5.75 Å². The summed E-state index contributed by atoms with van der Waals surface area (Å²) < 4.78 is 6.04. The molecule has 2 aliphatic heterocycles. The molecule has 154 valence electrons. The zero-order valence-electron chi connectivity index (χ0n) is 17.3. The number of nitrogens with one attached hydrogen (secondary N) is 2. The molecular weight excluding hydrogens is 364 g/mol. The van der Waals surface area contributed by atoms with Crippen LogP contribution in [-0.2, 0) is 17.6 Å². The van der Waals surface area contributed by atoms with Crippen molar-refractivity contribution < 1.29 is 9.84 Å². The summed E-state index contributed by atoms with van der Waals surface area (Å²) in [6.07, 6.45) is 5.48. The molecule has 1 aromatic carbocycles. The summed E-state index contributed by atoms with van der Waals surface area (Å²) in [6.45, 7) is 7.06. The Balaban J connectivity index is 1.42. The summed E-state index contributed by atoms with van der Waals surface area (Å²) >= 11 is 0. The number of ether oxygens (including phenoxy) is 1. The number of anilines is 1. The van der Waals surface area contributed by atoms with Crippen molar-refractivity contribution >= 4 is 5.82 Å². The van der Waals surface area contributed by atoms with Gasteiger partial charge in [0, 0.05) is 11.0 Å². The van der Waals surface area contributed by atoms with Crippen LogP contribution in [0.15, 0.2) is 18.2 Å². The first-order valence-corrected chi connectivity index (χ1v) is 10.8. The van der Waals surface area contributed by atoms with E-state index >= 15 is 0 Å². The topological polar surface area (TPSA) is 79.3 Å². The maximum Gasteiger partial charge on any atom is 0.149 e. The van der Waals surface area contributed by atoms with Crippen LogP contribution in [0.25, 0.3) is 11.3 Å². The van der Waals surface area contributed by atoms with Gasteiger partial charge < -0.3 is 20.5 Å². The average molecular weight is 395 g/mol. The van der Waals surface area contributed by atoms with Crippen LogP contribution in [0.1, 0.15) is 42.9 Å². The van der Waals surface area contributed by atoms with Gasteiger partial charge in [-0.3, -0.25) is 0 Å². The normalized spacial score (nSPS) is 25.3. The van der Waals surface area contributed by atoms with Gasteiger partial charge in [-0.15, -0.1) is 10.2 Å². The van der Waals surface area contributed by atoms with Gasteiger partial charge in [-0.2, -0.15) is 0 Å². The number of phenols is 1. The number of benzene rings is 1. The quantitative estimate of drug-likeness (QED) is 0.742. The predicted molar refractivity (Wildman–Crippen MR) is 113 cm³/mol. The van der Waals surface area contributed by atoms with Crippen molar-refractivity contribution in [1.82, 2.24) is 15.5 Å². The Morgan fingerprint density at radius 3 is 2.83 bits per heavy atom. The lowest BCUT2D eigenvalue weighted by Crippen LogP contribution is -2.48. The fourth-order valence-corrected chi connectivity index (χ4v) is 5.45. The third-order valence-corrected chi connectivity index (χ3v) is 7.16. The minimum atomic E-state index is 0.149. The molecular formula is C23H30N4O2. The molecule has 6 nitrogen and oxygen atoms in total. The highest BCUT2D eigenvalue weighted by Crippen LogP contribution is 2.42. The molecule has 1 aliphatic carbocycles. The third-order valence-electron chi connectivity index (χ3n) is 7.16. The second-order valence-electron chi connectivity index (χ2n) is 8.96. The lowest BCUT2D eigenvalue weighted by Gasteiger charge is -2.39. The molecule has 29 heavy (non-hydrogen) atoms. The van der Waals surface area contributed by atoms with Gasteiger partial charge in [-0.05, 0) is 87.9 Å². The molecule has 2 saturated heterocycles. The fraction of sp³-hybridized carbons (Fsp3) is 0.565. The standard InChI is InChI=1S/C23H30N4O2/c1-14-12-19(25-22-15(2)29-13-23(22)8-10-24-11-9-23)26-27-20(14)18-7-6-16-4-3-5-17(16)21(18)28/h6-7,12,15,22,24,28H,3-5,8-11,13H2,1-2H3,(H,25,26). The van der Waals surface area contributed by atoms with Gasteiger partial charge in [0.1, 0.15) is 11.6 Å². The van der Waals surface area contributed by atoms with E-state index in [1.807, 2.05) is 13.0 Å². The lowest BCUT2D eigenvalue weighted by atomic mass is 9.73. The number of aromatic hydroxyl groups is 1. The second kappa shape index (κ2) is 7.26. The zero-order valence-corrected chi connectivity index (χ0v) is 17.3. The molecule has 6 heteroatoms. The second-order valence-corrected chi connectivity index (χ2v) is 8.96. The van der Waals surface area contributed by atoms with Crippen molar-refractivity contribution in [3.8, 4) is 17.0 Å². The Bertz CT molecular complexity index is 918. The molecule has 0 radical (unpaired) electrons. The molecule has 1 spiro atoms. The first-order chi connectivity index (χ1) is 14.1. The molecule has 2 unspecified atom stereocenters. The number of piperidine rings is 1. The molecule has 3 N–H and O–H groups in total. The Kier molecular flexibility index (Phi) is 4.71. The molecule has 3 aliphatic rings. The van der Waals surface area contributed by atoms with Crippen LogP contribution in [0.5, 0.6) is 5.75 Å². The maximum absolute atomic E-state index is 10.8. The fourth-order valence-electron chi connectivity index (χ4n) is 5.45. The summed E-state index contributed by atoms with van der Waals surface area (Å²) in [5.74, 6) is 1.16. The molecule has 1 aromatic heterocycles. The smallest absolute Gasteiger partial charge is 0.149 e. The highest BCUT2D eigenvalue weighted by molar-refractivity contribution is 5.73. The van der Waals surface area contributed by atoms with Gasteiger partial charge in [0.15, 0.2) is 0 Å². The average Bonchev–Trinajstić information content (AvgIpc) is 3.31. The van der Waals surface area contributed by atoms with Crippen molar-refractivity contribution in [3.05, 3.63) is 34.9 Å². The SMILES string of the molecule is Cc1cc(NC2C(C)OCC23CCNCC3)nnc1-c1ccc2c(c1O)CCC2. The largest absolute Gasteiger partial charge is 0.507 e. The van der Waals surface area contributed by atoms with Gasteiger partial charge in [0.2, 0.25) is 0 Å². The van der Waals surface area contributed by atoms with E-state index < -0.39 is 0 Å². The molecule has 0 saturated carbocycles. The lowest BCUT2D eigenvalue weighted by molar-refractivity contribution is 0.0952. The molecule has 0 bridgehead atoms. The number of hydrogen-bond donors (Lipinski definition) is 3. The summed E-state index contributed by atoms with van der Waals surface area (Å²) in [4.78, 5) is 0. The molecule has 2 atom stereocenters. The number of fused-ring (bicyclic) bond motifs is 1. The minimum Gasteiger partial charge on any atom is -0.507 e. The van der Waals surface area contributed by atoms with E-state index in [0.717, 1.165) is 80.0 Å². The number of phenolic OH excluding ortho intramolecular Hbond substituents is 1. The van der Waals surface area contributed by atoms with E-state index in [9.17, 15) is 5.11 Å². The number of rotatable bonds is 3. The van der Waals surface area contributed by atoms with Crippen LogP contribution >= 0.6 is 0 Å². The predicted octanol–water partition coefficient (Wildman–Crippen LogP) is 3.22. The van der Waals surface area contributed by atoms with E-state index in [2.05, 4.69) is 39.9 Å². The van der Waals surface area contributed by atoms with Crippen molar-refractivity contribution in [1.29, 1.82) is 0 Å². The number of nitrogens with zero attached hydrogens (tertiary/aromatic N) is 2. The van der Waals surface area contributed by atoms with E-state index in [-0.39, 0.29) is 17.6 Å². The Morgan fingerprint density at radius 2 is 2.03 bits per heavy atom. The van der Waals surface area contributed by atoms with Crippen molar-refractivity contribution in [2.75, 3.05) is 25.0 Å². The minimum absolute atomic E-state index is 0.149. The van der Waals surface area contributed by atoms with Gasteiger partial charge in [0.05, 0.1) is 24.4 Å². The number of aromatic nitrogens is 2. The highest BCUT2D eigenvalue weighted by atomic mass is 16.5. The van der Waals surface area contributed by atoms with Crippen LogP contribution in [0.4, 0.5) is 5.82 Å². The molecule has 0 amide bonds. The summed E-state index contributed by atoms with van der Waals surface area (Å²) in [5.41, 5.74) is 5.07. The van der Waals surface area contributed by atoms with Crippen molar-refractivity contribution in [2.45, 2.75) is 58.1 Å². The Morgan fingerprint density at radius 1 is 1.21 bits per heavy atom. The Labute approximate surface area is 172 Å². The molecule has 2 fully saturated rings. The van der Waals surface area contributed by atoms with E-state index in [4.69, 9.17) is 4.74 Å². The van der Waals surface area contributed by atoms with Gasteiger partial charge in [-0.25, -0.2) is 0 Å². The zero-order chi connectivity index (χ0) is 20.0. The summed E-state index contributed by atoms with van der Waals surface area (Å²) in [7, 11) is 0. The molecule has 3 heterocycles. The summed E-state index contributed by atoms with van der Waals surface area (Å²) in [5, 5.41) is 26.9. The van der Waals surface area contributed by atoms with Crippen LogP contribution in [0, 0.1) is 12.3 Å². The van der Waals surface area contributed by atoms with Crippen molar-refractivity contribution in [3.63, 3.8) is 0 Å². The van der Waals surface area contributed by atoms with Crippen LogP contribution in [0.2, 0.25) is 0 Å². The number of hydrogen-bond acceptors (Lipinski definition) is 6. The van der Waals surface area contributed by atoms with E-state index in [1.165, 1.54) is 5.56 Å². The first-order valence-electron chi connectivity index (χ1n) is 10.8. The van der Waals surface area contributed by atoms with Gasteiger partial charge in [-0.1, -0.05) is 6.07 Å². The molecule has 2 aromatic rings. The maximum atomic E-state index is 10.8. The summed E-state index contributed by atoms with van der Waals surface area (Å²) in [6, 6.07) is 6.40. The molecule has 5 rings (SSSR count). The highest BCUT2D eigenvalue weighted by Gasteiger charge is 2.48. The van der Waals surface area contributed by atoms with Crippen LogP contribution in [-0.4, -0.2) is 47.1 Å². The van der Waals surface area contributed by atoms with Crippen LogP contribution in [0.3, 0.4) is 0 Å². The van der Waals surface area contributed by atoms with Crippen molar-refractivity contribution in [2.24, 2.45) is 5.41 Å².